The highest BCUT2D eigenvalue weighted by atomic mass is 32.2. The predicted octanol–water partition coefficient (Wildman–Crippen LogP) is 5.28. The summed E-state index contributed by atoms with van der Waals surface area (Å²) in [5.74, 6) is 1.28. The van der Waals surface area contributed by atoms with Crippen LogP contribution in [0, 0.1) is 0 Å². The van der Waals surface area contributed by atoms with Crippen LogP contribution in [-0.2, 0) is 19.1 Å². The number of hydrogen-bond acceptors (Lipinski definition) is 8. The first kappa shape index (κ1) is 27.5. The lowest BCUT2D eigenvalue weighted by Gasteiger charge is -2.37. The van der Waals surface area contributed by atoms with Gasteiger partial charge in [-0.05, 0) is 48.4 Å². The van der Waals surface area contributed by atoms with E-state index in [1.807, 2.05) is 31.2 Å². The summed E-state index contributed by atoms with van der Waals surface area (Å²) in [5, 5.41) is 3.38. The van der Waals surface area contributed by atoms with Gasteiger partial charge in [-0.15, -0.1) is 0 Å². The summed E-state index contributed by atoms with van der Waals surface area (Å²) in [6.07, 6.45) is 0.910. The van der Waals surface area contributed by atoms with E-state index in [1.165, 1.54) is 6.92 Å². The number of Topliss-reactive ketones (excluding diaryl/α,β-unsaturated/α-hetero) is 1. The Bertz CT molecular complexity index is 1280. The monoisotopic (exact) mass is 535 g/mol. The van der Waals surface area contributed by atoms with Crippen molar-refractivity contribution in [2.45, 2.75) is 45.4 Å². The molecule has 2 aliphatic rings. The molecule has 0 saturated heterocycles. The fourth-order valence-electron chi connectivity index (χ4n) is 5.18. The molecule has 0 amide bonds. The zero-order valence-electron chi connectivity index (χ0n) is 22.2. The molecular weight excluding hydrogens is 502 g/mol. The number of nitrogens with one attached hydrogen (secondary N) is 1. The molecule has 0 saturated carbocycles. The Hall–Kier alpha value is -3.52. The van der Waals surface area contributed by atoms with Crippen LogP contribution in [0.25, 0.3) is 0 Å². The number of hydrogen-bond donors (Lipinski definition) is 1. The van der Waals surface area contributed by atoms with Crippen LogP contribution in [0.3, 0.4) is 0 Å². The number of carbonyl (C=O) groups excluding carboxylic acids is 3. The van der Waals surface area contributed by atoms with E-state index in [0.717, 1.165) is 28.3 Å². The Labute approximate surface area is 227 Å². The van der Waals surface area contributed by atoms with Gasteiger partial charge in [0.1, 0.15) is 18.1 Å². The summed E-state index contributed by atoms with van der Waals surface area (Å²) in [6.45, 7) is 5.54. The topological polar surface area (TPSA) is 90.9 Å². The third-order valence-electron chi connectivity index (χ3n) is 6.77. The van der Waals surface area contributed by atoms with Crippen LogP contribution in [0.5, 0.6) is 11.5 Å². The highest BCUT2D eigenvalue weighted by Gasteiger charge is 2.41. The minimum atomic E-state index is -0.588. The van der Waals surface area contributed by atoms with Crippen LogP contribution in [0.15, 0.2) is 71.1 Å². The maximum Gasteiger partial charge on any atom is 0.336 e. The molecule has 0 bridgehead atoms. The normalized spacial score (nSPS) is 19.0. The number of ketones is 1. The van der Waals surface area contributed by atoms with E-state index in [2.05, 4.69) is 12.2 Å². The Morgan fingerprint density at radius 3 is 2.50 bits per heavy atom. The molecule has 1 N–H and O–H groups in total. The number of benzene rings is 2. The second kappa shape index (κ2) is 12.3. The molecule has 7 nitrogen and oxygen atoms in total. The molecule has 0 spiro atoms. The van der Waals surface area contributed by atoms with Gasteiger partial charge in [-0.3, -0.25) is 9.59 Å². The largest absolute Gasteiger partial charge is 0.496 e. The van der Waals surface area contributed by atoms with Crippen molar-refractivity contribution in [3.05, 3.63) is 82.2 Å². The third-order valence-corrected chi connectivity index (χ3v) is 7.63. The smallest absolute Gasteiger partial charge is 0.336 e. The van der Waals surface area contributed by atoms with Gasteiger partial charge in [0, 0.05) is 47.9 Å². The molecule has 2 atom stereocenters. The van der Waals surface area contributed by atoms with Crippen molar-refractivity contribution < 1.29 is 28.6 Å². The quantitative estimate of drug-likeness (QED) is 0.264. The molecule has 0 fully saturated rings. The van der Waals surface area contributed by atoms with Crippen molar-refractivity contribution in [1.29, 1.82) is 0 Å². The third kappa shape index (κ3) is 5.96. The molecule has 38 heavy (non-hydrogen) atoms. The standard InChI is InChI=1S/C30H33NO6S/c1-5-38-15-14-36-30(34)27-18(2)31-24-16-21(23-8-6-7-9-26(23)35-4)17-25(33)29(24)28(27)20-10-12-22(13-11-20)37-19(3)32/h6-13,21,28,31H,5,14-17H2,1-4H3/t21-,28+/m1/s1. The molecule has 0 aromatic heterocycles. The molecule has 1 aliphatic carbocycles. The van der Waals surface area contributed by atoms with Crippen molar-refractivity contribution in [3.8, 4) is 11.5 Å². The van der Waals surface area contributed by atoms with E-state index in [1.54, 1.807) is 43.1 Å². The number of rotatable bonds is 9. The first-order valence-corrected chi connectivity index (χ1v) is 13.9. The minimum Gasteiger partial charge on any atom is -0.496 e. The first-order chi connectivity index (χ1) is 18.3. The first-order valence-electron chi connectivity index (χ1n) is 12.7. The zero-order valence-corrected chi connectivity index (χ0v) is 23.0. The maximum absolute atomic E-state index is 13.8. The Balaban J connectivity index is 1.72. The van der Waals surface area contributed by atoms with Gasteiger partial charge in [0.15, 0.2) is 5.78 Å². The molecule has 2 aromatic rings. The Kier molecular flexibility index (Phi) is 8.94. The van der Waals surface area contributed by atoms with E-state index in [4.69, 9.17) is 14.2 Å². The number of thioether (sulfide) groups is 1. The van der Waals surface area contributed by atoms with Gasteiger partial charge in [0.05, 0.1) is 12.7 Å². The number of carbonyl (C=O) groups is 3. The summed E-state index contributed by atoms with van der Waals surface area (Å²) in [7, 11) is 1.63. The van der Waals surface area contributed by atoms with Crippen LogP contribution < -0.4 is 14.8 Å². The molecule has 2 aromatic carbocycles. The maximum atomic E-state index is 13.8. The van der Waals surface area contributed by atoms with E-state index in [-0.39, 0.29) is 11.7 Å². The van der Waals surface area contributed by atoms with Crippen LogP contribution in [0.4, 0.5) is 0 Å². The van der Waals surface area contributed by atoms with Gasteiger partial charge in [-0.2, -0.15) is 11.8 Å². The molecule has 0 unspecified atom stereocenters. The molecule has 0 radical (unpaired) electrons. The molecule has 4 rings (SSSR count). The summed E-state index contributed by atoms with van der Waals surface area (Å²) in [5.41, 5.74) is 4.22. The van der Waals surface area contributed by atoms with E-state index in [9.17, 15) is 14.4 Å². The fraction of sp³-hybridized carbons (Fsp3) is 0.367. The van der Waals surface area contributed by atoms with Crippen molar-refractivity contribution in [2.75, 3.05) is 25.2 Å². The lowest BCUT2D eigenvalue weighted by molar-refractivity contribution is -0.138. The van der Waals surface area contributed by atoms with Crippen LogP contribution in [-0.4, -0.2) is 42.9 Å². The number of para-hydroxylation sites is 1. The summed E-state index contributed by atoms with van der Waals surface area (Å²) >= 11 is 1.70. The van der Waals surface area contributed by atoms with E-state index in [0.29, 0.717) is 47.8 Å². The van der Waals surface area contributed by atoms with Gasteiger partial charge in [0.25, 0.3) is 0 Å². The molecule has 8 heteroatoms. The summed E-state index contributed by atoms with van der Waals surface area (Å²) in [6, 6.07) is 14.7. The van der Waals surface area contributed by atoms with Gasteiger partial charge in [-0.1, -0.05) is 37.3 Å². The highest BCUT2D eigenvalue weighted by molar-refractivity contribution is 7.99. The lowest BCUT2D eigenvalue weighted by Crippen LogP contribution is -2.36. The van der Waals surface area contributed by atoms with Crippen molar-refractivity contribution in [2.24, 2.45) is 0 Å². The molecular formula is C30H33NO6S. The zero-order chi connectivity index (χ0) is 27.2. The second-order valence-electron chi connectivity index (χ2n) is 9.25. The van der Waals surface area contributed by atoms with Gasteiger partial charge >= 0.3 is 11.9 Å². The van der Waals surface area contributed by atoms with Crippen LogP contribution in [0.1, 0.15) is 56.6 Å². The van der Waals surface area contributed by atoms with Crippen LogP contribution in [0.2, 0.25) is 0 Å². The minimum absolute atomic E-state index is 0.0249. The van der Waals surface area contributed by atoms with Crippen molar-refractivity contribution in [1.82, 2.24) is 5.32 Å². The number of esters is 2. The van der Waals surface area contributed by atoms with Gasteiger partial charge < -0.3 is 19.5 Å². The number of allylic oxidation sites excluding steroid dienone is 3. The number of dihydropyridines is 1. The SMILES string of the molecule is CCSCCOC(=O)C1=C(C)NC2=C(C(=O)C[C@H](c3ccccc3OC)C2)[C@H]1c1ccc(OC(C)=O)cc1. The van der Waals surface area contributed by atoms with Crippen molar-refractivity contribution in [3.63, 3.8) is 0 Å². The Morgan fingerprint density at radius 1 is 1.08 bits per heavy atom. The molecule has 200 valence electrons. The number of ether oxygens (including phenoxy) is 3. The average Bonchev–Trinajstić information content (AvgIpc) is 2.90. The highest BCUT2D eigenvalue weighted by Crippen LogP contribution is 2.47. The Morgan fingerprint density at radius 2 is 1.82 bits per heavy atom. The van der Waals surface area contributed by atoms with Crippen LogP contribution >= 0.6 is 11.8 Å². The predicted molar refractivity (Wildman–Crippen MR) is 147 cm³/mol. The van der Waals surface area contributed by atoms with Gasteiger partial charge in [0.2, 0.25) is 0 Å². The fourth-order valence-corrected chi connectivity index (χ4v) is 5.67. The van der Waals surface area contributed by atoms with E-state index >= 15 is 0 Å². The summed E-state index contributed by atoms with van der Waals surface area (Å²) in [4.78, 5) is 38.6. The number of methoxy groups -OCH3 is 1. The average molecular weight is 536 g/mol. The van der Waals surface area contributed by atoms with Gasteiger partial charge in [-0.25, -0.2) is 4.79 Å². The van der Waals surface area contributed by atoms with E-state index < -0.39 is 17.9 Å². The lowest BCUT2D eigenvalue weighted by atomic mass is 9.71. The van der Waals surface area contributed by atoms with Crippen molar-refractivity contribution >= 4 is 29.5 Å². The molecule has 1 aliphatic heterocycles. The molecule has 1 heterocycles. The summed E-state index contributed by atoms with van der Waals surface area (Å²) < 4.78 is 16.4. The second-order valence-corrected chi connectivity index (χ2v) is 10.6.